The fourth-order valence-corrected chi connectivity index (χ4v) is 2.32. The van der Waals surface area contributed by atoms with Gasteiger partial charge in [0.2, 0.25) is 11.8 Å². The largest absolute Gasteiger partial charge is 0.382 e. The van der Waals surface area contributed by atoms with Crippen LogP contribution in [0.3, 0.4) is 0 Å². The smallest absolute Gasteiger partial charge is 0.225 e. The molecule has 2 aliphatic rings. The summed E-state index contributed by atoms with van der Waals surface area (Å²) in [5.41, 5.74) is 0. The van der Waals surface area contributed by atoms with Gasteiger partial charge in [-0.3, -0.25) is 9.59 Å². The maximum atomic E-state index is 11.9. The van der Waals surface area contributed by atoms with Gasteiger partial charge in [0.1, 0.15) is 0 Å². The molecule has 102 valence electrons. The number of rotatable bonds is 7. The van der Waals surface area contributed by atoms with Crippen LogP contribution in [-0.4, -0.2) is 49.1 Å². The van der Waals surface area contributed by atoms with Gasteiger partial charge in [-0.1, -0.05) is 0 Å². The minimum atomic E-state index is -0.148. The van der Waals surface area contributed by atoms with Crippen LogP contribution in [0.1, 0.15) is 32.6 Å². The Morgan fingerprint density at radius 2 is 2.28 bits per heavy atom. The topological polar surface area (TPSA) is 58.6 Å². The van der Waals surface area contributed by atoms with Gasteiger partial charge < -0.3 is 15.0 Å². The molecule has 18 heavy (non-hydrogen) atoms. The number of hydrogen-bond acceptors (Lipinski definition) is 3. The highest BCUT2D eigenvalue weighted by Crippen LogP contribution is 2.32. The second-order valence-corrected chi connectivity index (χ2v) is 5.02. The number of hydrogen-bond donors (Lipinski definition) is 1. The number of carbonyl (C=O) groups excluding carboxylic acids is 2. The van der Waals surface area contributed by atoms with E-state index in [1.54, 1.807) is 0 Å². The summed E-state index contributed by atoms with van der Waals surface area (Å²) >= 11 is 0. The van der Waals surface area contributed by atoms with E-state index >= 15 is 0 Å². The first-order valence-corrected chi connectivity index (χ1v) is 6.87. The molecule has 2 amide bonds. The minimum Gasteiger partial charge on any atom is -0.382 e. The summed E-state index contributed by atoms with van der Waals surface area (Å²) in [4.78, 5) is 25.5. The number of likely N-dealkylation sites (tertiary alicyclic amines) is 1. The van der Waals surface area contributed by atoms with E-state index in [1.165, 1.54) is 0 Å². The zero-order valence-corrected chi connectivity index (χ0v) is 11.0. The van der Waals surface area contributed by atoms with Crippen molar-refractivity contribution in [1.29, 1.82) is 0 Å². The number of amides is 2. The molecule has 0 aromatic carbocycles. The lowest BCUT2D eigenvalue weighted by molar-refractivity contribution is -0.129. The standard InChI is InChI=1S/C13H22N2O3/c1-2-18-7-3-6-14-13(17)10-8-12(16)15(9-10)11-4-5-11/h10-11H,2-9H2,1H3,(H,14,17). The molecule has 0 aromatic rings. The molecule has 1 N–H and O–H groups in total. The molecule has 1 saturated heterocycles. The van der Waals surface area contributed by atoms with Crippen LogP contribution in [0.2, 0.25) is 0 Å². The molecule has 2 rings (SSSR count). The van der Waals surface area contributed by atoms with Crippen LogP contribution in [-0.2, 0) is 14.3 Å². The molecule has 1 saturated carbocycles. The Balaban J connectivity index is 1.65. The van der Waals surface area contributed by atoms with Gasteiger partial charge in [-0.2, -0.15) is 0 Å². The Kier molecular flexibility index (Phi) is 4.58. The van der Waals surface area contributed by atoms with Gasteiger partial charge in [0.05, 0.1) is 5.92 Å². The van der Waals surface area contributed by atoms with Crippen molar-refractivity contribution >= 4 is 11.8 Å². The predicted octanol–water partition coefficient (Wildman–Crippen LogP) is 0.540. The van der Waals surface area contributed by atoms with Gasteiger partial charge >= 0.3 is 0 Å². The van der Waals surface area contributed by atoms with Gasteiger partial charge in [0.15, 0.2) is 0 Å². The molecule has 1 unspecified atom stereocenters. The quantitative estimate of drug-likeness (QED) is 0.675. The zero-order chi connectivity index (χ0) is 13.0. The van der Waals surface area contributed by atoms with Gasteiger partial charge in [0, 0.05) is 38.8 Å². The first-order valence-electron chi connectivity index (χ1n) is 6.87. The molecule has 0 bridgehead atoms. The number of carbonyl (C=O) groups is 2. The van der Waals surface area contributed by atoms with Crippen LogP contribution < -0.4 is 5.32 Å². The van der Waals surface area contributed by atoms with E-state index in [1.807, 2.05) is 11.8 Å². The third-order valence-corrected chi connectivity index (χ3v) is 3.49. The van der Waals surface area contributed by atoms with E-state index in [0.717, 1.165) is 19.3 Å². The van der Waals surface area contributed by atoms with E-state index in [0.29, 0.717) is 38.8 Å². The average Bonchev–Trinajstić information content (AvgIpc) is 3.12. The maximum absolute atomic E-state index is 11.9. The van der Waals surface area contributed by atoms with Crippen molar-refractivity contribution in [3.8, 4) is 0 Å². The number of nitrogens with zero attached hydrogens (tertiary/aromatic N) is 1. The van der Waals surface area contributed by atoms with Crippen molar-refractivity contribution < 1.29 is 14.3 Å². The highest BCUT2D eigenvalue weighted by Gasteiger charge is 2.41. The van der Waals surface area contributed by atoms with Crippen LogP contribution in [0.5, 0.6) is 0 Å². The molecule has 2 fully saturated rings. The lowest BCUT2D eigenvalue weighted by Gasteiger charge is -2.15. The van der Waals surface area contributed by atoms with E-state index in [4.69, 9.17) is 4.74 Å². The van der Waals surface area contributed by atoms with Crippen molar-refractivity contribution in [1.82, 2.24) is 10.2 Å². The normalized spacial score (nSPS) is 23.5. The van der Waals surface area contributed by atoms with Gasteiger partial charge in [-0.25, -0.2) is 0 Å². The van der Waals surface area contributed by atoms with Gasteiger partial charge in [0.25, 0.3) is 0 Å². The Morgan fingerprint density at radius 3 is 2.94 bits per heavy atom. The van der Waals surface area contributed by atoms with Crippen molar-refractivity contribution in [2.24, 2.45) is 5.92 Å². The zero-order valence-electron chi connectivity index (χ0n) is 11.0. The monoisotopic (exact) mass is 254 g/mol. The number of ether oxygens (including phenoxy) is 1. The Labute approximate surface area is 108 Å². The van der Waals surface area contributed by atoms with Crippen molar-refractivity contribution in [3.63, 3.8) is 0 Å². The van der Waals surface area contributed by atoms with E-state index in [9.17, 15) is 9.59 Å². The summed E-state index contributed by atoms with van der Waals surface area (Å²) in [6.07, 6.45) is 3.42. The van der Waals surface area contributed by atoms with Crippen molar-refractivity contribution in [2.75, 3.05) is 26.3 Å². The lowest BCUT2D eigenvalue weighted by Crippen LogP contribution is -2.34. The molecule has 1 atom stereocenters. The second kappa shape index (κ2) is 6.18. The molecule has 5 heteroatoms. The molecule has 0 aromatic heterocycles. The molecule has 1 aliphatic carbocycles. The fourth-order valence-electron chi connectivity index (χ4n) is 2.32. The molecule has 1 aliphatic heterocycles. The molecular weight excluding hydrogens is 232 g/mol. The third-order valence-electron chi connectivity index (χ3n) is 3.49. The molecular formula is C13H22N2O3. The van der Waals surface area contributed by atoms with Crippen LogP contribution in [0.25, 0.3) is 0 Å². The summed E-state index contributed by atoms with van der Waals surface area (Å²) in [6, 6.07) is 0.424. The third kappa shape index (κ3) is 3.45. The first-order chi connectivity index (χ1) is 8.72. The highest BCUT2D eigenvalue weighted by molar-refractivity contribution is 5.89. The highest BCUT2D eigenvalue weighted by atomic mass is 16.5. The summed E-state index contributed by atoms with van der Waals surface area (Å²) in [6.45, 7) is 4.58. The molecule has 0 spiro atoms. The molecule has 5 nitrogen and oxygen atoms in total. The Bertz CT molecular complexity index is 315. The van der Waals surface area contributed by atoms with E-state index < -0.39 is 0 Å². The summed E-state index contributed by atoms with van der Waals surface area (Å²) < 4.78 is 5.20. The second-order valence-electron chi connectivity index (χ2n) is 5.02. The molecule has 0 radical (unpaired) electrons. The average molecular weight is 254 g/mol. The van der Waals surface area contributed by atoms with Gasteiger partial charge in [-0.05, 0) is 26.2 Å². The number of nitrogens with one attached hydrogen (secondary N) is 1. The fraction of sp³-hybridized carbons (Fsp3) is 0.846. The van der Waals surface area contributed by atoms with Crippen LogP contribution in [0.15, 0.2) is 0 Å². The van der Waals surface area contributed by atoms with Crippen LogP contribution >= 0.6 is 0 Å². The van der Waals surface area contributed by atoms with Crippen molar-refractivity contribution in [3.05, 3.63) is 0 Å². The SMILES string of the molecule is CCOCCCNC(=O)C1CC(=O)N(C2CC2)C1. The summed E-state index contributed by atoms with van der Waals surface area (Å²) in [5, 5.41) is 2.89. The lowest BCUT2D eigenvalue weighted by atomic mass is 10.1. The maximum Gasteiger partial charge on any atom is 0.225 e. The Hall–Kier alpha value is -1.10. The minimum absolute atomic E-state index is 0.0167. The first kappa shape index (κ1) is 13.3. The van der Waals surface area contributed by atoms with Crippen molar-refractivity contribution in [2.45, 2.75) is 38.6 Å². The summed E-state index contributed by atoms with van der Waals surface area (Å²) in [7, 11) is 0. The van der Waals surface area contributed by atoms with Gasteiger partial charge in [-0.15, -0.1) is 0 Å². The Morgan fingerprint density at radius 1 is 1.50 bits per heavy atom. The predicted molar refractivity (Wildman–Crippen MR) is 67.0 cm³/mol. The van der Waals surface area contributed by atoms with Crippen LogP contribution in [0.4, 0.5) is 0 Å². The van der Waals surface area contributed by atoms with E-state index in [-0.39, 0.29) is 17.7 Å². The van der Waals surface area contributed by atoms with Crippen LogP contribution in [0, 0.1) is 5.92 Å². The summed E-state index contributed by atoms with van der Waals surface area (Å²) in [5.74, 6) is 0.0140. The van der Waals surface area contributed by atoms with E-state index in [2.05, 4.69) is 5.32 Å². The molecule has 1 heterocycles.